The molecule has 0 aliphatic heterocycles. The number of carbonyl (C=O) groups is 2. The monoisotopic (exact) mass is 376 g/mol. The van der Waals surface area contributed by atoms with Gasteiger partial charge in [0.2, 0.25) is 0 Å². The molecule has 0 fully saturated rings. The third kappa shape index (κ3) is 4.10. The molecule has 0 radical (unpaired) electrons. The van der Waals surface area contributed by atoms with E-state index in [9.17, 15) is 9.59 Å². The van der Waals surface area contributed by atoms with E-state index in [1.807, 2.05) is 0 Å². The number of rotatable bonds is 5. The average molecular weight is 377 g/mol. The summed E-state index contributed by atoms with van der Waals surface area (Å²) in [6.07, 6.45) is 1.57. The fraction of sp³-hybridized carbons (Fsp3) is 0.118. The second kappa shape index (κ2) is 7.55. The van der Waals surface area contributed by atoms with Crippen LogP contribution in [0.25, 0.3) is 11.0 Å². The topological polar surface area (TPSA) is 86.9 Å². The molecule has 25 heavy (non-hydrogen) atoms. The van der Waals surface area contributed by atoms with E-state index in [0.717, 1.165) is 11.0 Å². The predicted octanol–water partition coefficient (Wildman–Crippen LogP) is 3.03. The van der Waals surface area contributed by atoms with E-state index in [1.54, 1.807) is 36.7 Å². The first-order valence-corrected chi connectivity index (χ1v) is 8.25. The summed E-state index contributed by atoms with van der Waals surface area (Å²) in [5.74, 6) is -0.551. The molecule has 3 N–H and O–H groups in total. The SMILES string of the molecule is O=C(NCCNC(=O)c1ccc(Cl)cc1Cl)c1ccc2nc[nH]c2c1. The van der Waals surface area contributed by atoms with Gasteiger partial charge in [-0.05, 0) is 36.4 Å². The number of nitrogens with one attached hydrogen (secondary N) is 3. The van der Waals surface area contributed by atoms with Gasteiger partial charge < -0.3 is 15.6 Å². The van der Waals surface area contributed by atoms with Crippen molar-refractivity contribution in [2.75, 3.05) is 13.1 Å². The molecule has 128 valence electrons. The highest BCUT2D eigenvalue weighted by molar-refractivity contribution is 6.36. The Morgan fingerprint density at radius 3 is 2.52 bits per heavy atom. The van der Waals surface area contributed by atoms with Crippen molar-refractivity contribution in [3.05, 3.63) is 63.9 Å². The Labute approximate surface area is 153 Å². The van der Waals surface area contributed by atoms with E-state index >= 15 is 0 Å². The first-order chi connectivity index (χ1) is 12.0. The van der Waals surface area contributed by atoms with Gasteiger partial charge in [-0.3, -0.25) is 9.59 Å². The number of aromatic nitrogens is 2. The molecule has 0 spiro atoms. The van der Waals surface area contributed by atoms with Gasteiger partial charge in [0.25, 0.3) is 11.8 Å². The number of hydrogen-bond donors (Lipinski definition) is 3. The number of hydrogen-bond acceptors (Lipinski definition) is 3. The van der Waals surface area contributed by atoms with Crippen LogP contribution in [0.5, 0.6) is 0 Å². The third-order valence-corrected chi connectivity index (χ3v) is 4.10. The van der Waals surface area contributed by atoms with Crippen molar-refractivity contribution >= 4 is 46.0 Å². The molecule has 3 aromatic rings. The van der Waals surface area contributed by atoms with Crippen LogP contribution in [0.4, 0.5) is 0 Å². The van der Waals surface area contributed by atoms with Gasteiger partial charge in [-0.1, -0.05) is 23.2 Å². The number of aromatic amines is 1. The molecule has 0 saturated heterocycles. The number of carbonyl (C=O) groups excluding carboxylic acids is 2. The first-order valence-electron chi connectivity index (χ1n) is 7.49. The highest BCUT2D eigenvalue weighted by Crippen LogP contribution is 2.20. The number of halogens is 2. The highest BCUT2D eigenvalue weighted by atomic mass is 35.5. The number of amides is 2. The molecular formula is C17H14Cl2N4O2. The average Bonchev–Trinajstić information content (AvgIpc) is 3.06. The normalized spacial score (nSPS) is 10.6. The summed E-state index contributed by atoms with van der Waals surface area (Å²) >= 11 is 11.8. The fourth-order valence-electron chi connectivity index (χ4n) is 2.30. The maximum Gasteiger partial charge on any atom is 0.252 e. The molecule has 2 amide bonds. The molecule has 0 aliphatic rings. The minimum Gasteiger partial charge on any atom is -0.350 e. The summed E-state index contributed by atoms with van der Waals surface area (Å²) in [5, 5.41) is 6.18. The predicted molar refractivity (Wildman–Crippen MR) is 97.2 cm³/mol. The molecule has 0 saturated carbocycles. The fourth-order valence-corrected chi connectivity index (χ4v) is 2.79. The minimum atomic E-state index is -0.324. The Morgan fingerprint density at radius 2 is 1.76 bits per heavy atom. The van der Waals surface area contributed by atoms with Gasteiger partial charge in [0.15, 0.2) is 0 Å². The zero-order valence-electron chi connectivity index (χ0n) is 13.0. The van der Waals surface area contributed by atoms with Crippen LogP contribution >= 0.6 is 23.2 Å². The van der Waals surface area contributed by atoms with Gasteiger partial charge in [0.05, 0.1) is 27.9 Å². The Bertz CT molecular complexity index is 939. The van der Waals surface area contributed by atoms with Gasteiger partial charge in [-0.25, -0.2) is 4.98 Å². The molecule has 3 rings (SSSR count). The maximum atomic E-state index is 12.1. The molecular weight excluding hydrogens is 363 g/mol. The third-order valence-electron chi connectivity index (χ3n) is 3.55. The lowest BCUT2D eigenvalue weighted by Crippen LogP contribution is -2.34. The first kappa shape index (κ1) is 17.3. The van der Waals surface area contributed by atoms with Crippen LogP contribution in [0.3, 0.4) is 0 Å². The van der Waals surface area contributed by atoms with Crippen LogP contribution in [0.15, 0.2) is 42.7 Å². The highest BCUT2D eigenvalue weighted by Gasteiger charge is 2.11. The van der Waals surface area contributed by atoms with E-state index in [-0.39, 0.29) is 29.9 Å². The number of benzene rings is 2. The molecule has 2 aromatic carbocycles. The van der Waals surface area contributed by atoms with Gasteiger partial charge in [0.1, 0.15) is 0 Å². The van der Waals surface area contributed by atoms with Crippen LogP contribution in [0.1, 0.15) is 20.7 Å². The van der Waals surface area contributed by atoms with Crippen molar-refractivity contribution in [3.63, 3.8) is 0 Å². The summed E-state index contributed by atoms with van der Waals surface area (Å²) in [7, 11) is 0. The van der Waals surface area contributed by atoms with Gasteiger partial charge in [0, 0.05) is 23.7 Å². The Kier molecular flexibility index (Phi) is 5.21. The summed E-state index contributed by atoms with van der Waals surface area (Å²) in [6.45, 7) is 0.562. The number of H-pyrrole nitrogens is 1. The van der Waals surface area contributed by atoms with Crippen LogP contribution in [0, 0.1) is 0 Å². The van der Waals surface area contributed by atoms with Gasteiger partial charge >= 0.3 is 0 Å². The zero-order valence-corrected chi connectivity index (χ0v) is 14.5. The molecule has 0 bridgehead atoms. The van der Waals surface area contributed by atoms with Crippen molar-refractivity contribution in [1.82, 2.24) is 20.6 Å². The van der Waals surface area contributed by atoms with Crippen molar-refractivity contribution in [3.8, 4) is 0 Å². The van der Waals surface area contributed by atoms with Crippen molar-refractivity contribution in [1.29, 1.82) is 0 Å². The Morgan fingerprint density at radius 1 is 1.00 bits per heavy atom. The Balaban J connectivity index is 1.50. The minimum absolute atomic E-state index is 0.227. The van der Waals surface area contributed by atoms with E-state index in [1.165, 1.54) is 6.07 Å². The summed E-state index contributed by atoms with van der Waals surface area (Å²) in [4.78, 5) is 31.2. The summed E-state index contributed by atoms with van der Waals surface area (Å²) < 4.78 is 0. The van der Waals surface area contributed by atoms with E-state index in [2.05, 4.69) is 20.6 Å². The standard InChI is InChI=1S/C17H14Cl2N4O2/c18-11-2-3-12(13(19)8-11)17(25)21-6-5-20-16(24)10-1-4-14-15(7-10)23-9-22-14/h1-4,7-9H,5-6H2,(H,20,24)(H,21,25)(H,22,23). The lowest BCUT2D eigenvalue weighted by molar-refractivity contribution is 0.0928. The lowest BCUT2D eigenvalue weighted by atomic mass is 10.2. The molecule has 8 heteroatoms. The second-order valence-electron chi connectivity index (χ2n) is 5.27. The van der Waals surface area contributed by atoms with Crippen LogP contribution in [0.2, 0.25) is 10.0 Å². The Hall–Kier alpha value is -2.57. The van der Waals surface area contributed by atoms with Crippen LogP contribution in [-0.4, -0.2) is 34.9 Å². The number of fused-ring (bicyclic) bond motifs is 1. The zero-order chi connectivity index (χ0) is 17.8. The van der Waals surface area contributed by atoms with Crippen LogP contribution < -0.4 is 10.6 Å². The molecule has 0 unspecified atom stereocenters. The largest absolute Gasteiger partial charge is 0.350 e. The van der Waals surface area contributed by atoms with Gasteiger partial charge in [-0.2, -0.15) is 0 Å². The van der Waals surface area contributed by atoms with Gasteiger partial charge in [-0.15, -0.1) is 0 Å². The van der Waals surface area contributed by atoms with E-state index in [0.29, 0.717) is 16.1 Å². The van der Waals surface area contributed by atoms with Crippen molar-refractivity contribution < 1.29 is 9.59 Å². The molecule has 0 aliphatic carbocycles. The second-order valence-corrected chi connectivity index (χ2v) is 6.11. The quantitative estimate of drug-likeness (QED) is 0.598. The maximum absolute atomic E-state index is 12.1. The van der Waals surface area contributed by atoms with Crippen molar-refractivity contribution in [2.24, 2.45) is 0 Å². The molecule has 6 nitrogen and oxygen atoms in total. The molecule has 1 heterocycles. The van der Waals surface area contributed by atoms with E-state index in [4.69, 9.17) is 23.2 Å². The smallest absolute Gasteiger partial charge is 0.252 e. The molecule has 1 aromatic heterocycles. The summed E-state index contributed by atoms with van der Waals surface area (Å²) in [6, 6.07) is 9.85. The van der Waals surface area contributed by atoms with Crippen LogP contribution in [-0.2, 0) is 0 Å². The number of imidazole rings is 1. The lowest BCUT2D eigenvalue weighted by Gasteiger charge is -2.08. The number of nitrogens with zero attached hydrogens (tertiary/aromatic N) is 1. The van der Waals surface area contributed by atoms with Crippen molar-refractivity contribution in [2.45, 2.75) is 0 Å². The summed E-state index contributed by atoms with van der Waals surface area (Å²) in [5.41, 5.74) is 2.44. The molecule has 0 atom stereocenters. The van der Waals surface area contributed by atoms with E-state index < -0.39 is 0 Å².